The van der Waals surface area contributed by atoms with Gasteiger partial charge in [0.25, 0.3) is 11.5 Å². The summed E-state index contributed by atoms with van der Waals surface area (Å²) in [4.78, 5) is 25.0. The minimum absolute atomic E-state index is 0.0362. The molecule has 3 aliphatic heterocycles. The summed E-state index contributed by atoms with van der Waals surface area (Å²) < 4.78 is 32.3. The van der Waals surface area contributed by atoms with Crippen molar-refractivity contribution in [3.63, 3.8) is 0 Å². The molecule has 7 nitrogen and oxygen atoms in total. The first-order valence-electron chi connectivity index (χ1n) is 14.6. The van der Waals surface area contributed by atoms with E-state index in [0.717, 1.165) is 50.9 Å². The lowest BCUT2D eigenvalue weighted by atomic mass is 9.90. The molecule has 1 aromatic carbocycles. The van der Waals surface area contributed by atoms with Gasteiger partial charge in [-0.2, -0.15) is 5.26 Å². The quantitative estimate of drug-likeness (QED) is 0.409. The van der Waals surface area contributed by atoms with E-state index in [2.05, 4.69) is 26.3 Å². The molecular formula is C31H36F2N6O. The predicted octanol–water partition coefficient (Wildman–Crippen LogP) is 5.90. The molecule has 0 unspecified atom stereocenters. The molecule has 0 amide bonds. The third-order valence-corrected chi connectivity index (χ3v) is 9.03. The lowest BCUT2D eigenvalue weighted by Gasteiger charge is -2.40. The Hall–Kier alpha value is -3.38. The third-order valence-electron chi connectivity index (χ3n) is 9.03. The second-order valence-electron chi connectivity index (χ2n) is 11.9. The smallest absolute Gasteiger partial charge is 0.273 e. The highest BCUT2D eigenvalue weighted by Gasteiger charge is 2.47. The molecule has 2 aromatic heterocycles. The molecule has 0 spiro atoms. The van der Waals surface area contributed by atoms with E-state index in [1.165, 1.54) is 12.4 Å². The van der Waals surface area contributed by atoms with E-state index in [1.54, 1.807) is 22.8 Å². The first kappa shape index (κ1) is 26.8. The molecule has 8 bridgehead atoms. The lowest BCUT2D eigenvalue weighted by molar-refractivity contribution is -0.0291. The number of aryl methyl sites for hydroxylation is 1. The maximum Gasteiger partial charge on any atom is 0.273 e. The van der Waals surface area contributed by atoms with Crippen LogP contribution in [0, 0.1) is 17.2 Å². The van der Waals surface area contributed by atoms with Gasteiger partial charge in [0, 0.05) is 43.2 Å². The van der Waals surface area contributed by atoms with Crippen molar-refractivity contribution < 1.29 is 8.78 Å². The summed E-state index contributed by atoms with van der Waals surface area (Å²) in [5.41, 5.74) is 0.894. The highest BCUT2D eigenvalue weighted by molar-refractivity contribution is 5.87. The topological polar surface area (TPSA) is 86.8 Å². The molecule has 1 saturated heterocycles. The first-order valence-corrected chi connectivity index (χ1v) is 14.6. The minimum atomic E-state index is -2.89. The number of nitrogens with zero attached hydrogens (tertiary/aromatic N) is 5. The van der Waals surface area contributed by atoms with E-state index in [9.17, 15) is 10.1 Å². The fourth-order valence-electron chi connectivity index (χ4n) is 6.27. The number of alkyl halides is 2. The lowest BCUT2D eigenvalue weighted by Crippen LogP contribution is -2.47. The summed E-state index contributed by atoms with van der Waals surface area (Å²) >= 11 is 0. The Morgan fingerprint density at radius 1 is 1.05 bits per heavy atom. The van der Waals surface area contributed by atoms with E-state index in [-0.39, 0.29) is 23.6 Å². The number of aromatic nitrogens is 3. The summed E-state index contributed by atoms with van der Waals surface area (Å²) in [6, 6.07) is 10.5. The molecule has 2 fully saturated rings. The van der Waals surface area contributed by atoms with Crippen LogP contribution < -0.4 is 10.9 Å². The van der Waals surface area contributed by atoms with Crippen LogP contribution in [-0.4, -0.2) is 39.1 Å². The maximum atomic E-state index is 15.3. The van der Waals surface area contributed by atoms with Gasteiger partial charge < -0.3 is 10.2 Å². The highest BCUT2D eigenvalue weighted by atomic mass is 19.3. The molecular weight excluding hydrogens is 510 g/mol. The summed E-state index contributed by atoms with van der Waals surface area (Å²) in [6.07, 6.45) is 7.06. The van der Waals surface area contributed by atoms with Crippen molar-refractivity contribution in [3.05, 3.63) is 63.7 Å². The van der Waals surface area contributed by atoms with Crippen LogP contribution in [0.4, 0.5) is 14.6 Å². The van der Waals surface area contributed by atoms with Gasteiger partial charge >= 0.3 is 0 Å². The number of benzene rings is 1. The number of nitrogens with one attached hydrogen (secondary N) is 1. The van der Waals surface area contributed by atoms with Crippen LogP contribution in [0.2, 0.25) is 0 Å². The number of hydrogen-bond acceptors (Lipinski definition) is 6. The van der Waals surface area contributed by atoms with Gasteiger partial charge in [-0.05, 0) is 69.2 Å². The normalized spacial score (nSPS) is 26.1. The van der Waals surface area contributed by atoms with Gasteiger partial charge in [-0.1, -0.05) is 31.0 Å². The average molecular weight is 547 g/mol. The number of rotatable bonds is 1. The van der Waals surface area contributed by atoms with E-state index in [1.807, 2.05) is 13.0 Å². The molecule has 210 valence electrons. The second kappa shape index (κ2) is 10.5. The van der Waals surface area contributed by atoms with Crippen LogP contribution in [0.5, 0.6) is 0 Å². The summed E-state index contributed by atoms with van der Waals surface area (Å²) in [6.45, 7) is 5.22. The average Bonchev–Trinajstić information content (AvgIpc) is 3.72. The van der Waals surface area contributed by atoms with Crippen LogP contribution in [0.1, 0.15) is 81.0 Å². The zero-order valence-electron chi connectivity index (χ0n) is 23.0. The standard InChI is InChI=1S/C31H36F2N6O/c1-21-23-7-6-8-24(15-23)31(32,33)10-9-22-17-38(18-22)13-4-2-3-5-14-39-28-25(27(37-21)35-20-36-28)16-26(29(39)40)30(19-34)11-12-30/h6-8,15-16,20-22H,2-5,9-14,17-18H2,1H3,(H,35,36,37)/t21-/m0/s1. The van der Waals surface area contributed by atoms with E-state index in [4.69, 9.17) is 0 Å². The van der Waals surface area contributed by atoms with E-state index >= 15 is 8.78 Å². The number of nitriles is 1. The van der Waals surface area contributed by atoms with Crippen LogP contribution >= 0.6 is 0 Å². The predicted molar refractivity (Wildman–Crippen MR) is 150 cm³/mol. The van der Waals surface area contributed by atoms with E-state index < -0.39 is 11.3 Å². The Labute approximate surface area is 233 Å². The van der Waals surface area contributed by atoms with Gasteiger partial charge in [0.15, 0.2) is 0 Å². The van der Waals surface area contributed by atoms with Gasteiger partial charge in [-0.3, -0.25) is 9.36 Å². The maximum absolute atomic E-state index is 15.3. The molecule has 7 rings (SSSR count). The van der Waals surface area contributed by atoms with Crippen LogP contribution in [0.15, 0.2) is 41.5 Å². The summed E-state index contributed by atoms with van der Waals surface area (Å²) in [5.74, 6) is -2.03. The first-order chi connectivity index (χ1) is 19.3. The molecule has 3 aromatic rings. The number of fused-ring (bicyclic) bond motifs is 8. The van der Waals surface area contributed by atoms with Gasteiger partial charge in [0.2, 0.25) is 0 Å². The highest BCUT2D eigenvalue weighted by Crippen LogP contribution is 2.47. The number of anilines is 1. The van der Waals surface area contributed by atoms with Crippen molar-refractivity contribution in [1.29, 1.82) is 5.26 Å². The minimum Gasteiger partial charge on any atom is -0.363 e. The Kier molecular flexibility index (Phi) is 7.07. The van der Waals surface area contributed by atoms with Crippen molar-refractivity contribution in [1.82, 2.24) is 19.4 Å². The molecule has 1 atom stereocenters. The Morgan fingerprint density at radius 2 is 1.82 bits per heavy atom. The number of halogens is 2. The molecule has 9 heteroatoms. The zero-order valence-corrected chi connectivity index (χ0v) is 23.0. The molecule has 40 heavy (non-hydrogen) atoms. The molecule has 0 radical (unpaired) electrons. The Balaban J connectivity index is 1.39. The number of pyridine rings is 1. The fraction of sp³-hybridized carbons (Fsp3) is 0.548. The molecule has 1 N–H and O–H groups in total. The van der Waals surface area contributed by atoms with Crippen molar-refractivity contribution in [2.75, 3.05) is 25.0 Å². The third kappa shape index (κ3) is 5.10. The van der Waals surface area contributed by atoms with E-state index in [0.29, 0.717) is 54.1 Å². The van der Waals surface area contributed by atoms with Crippen molar-refractivity contribution in [3.8, 4) is 6.07 Å². The van der Waals surface area contributed by atoms with Crippen molar-refractivity contribution >= 4 is 16.9 Å². The van der Waals surface area contributed by atoms with Gasteiger partial charge in [0.1, 0.15) is 17.8 Å². The van der Waals surface area contributed by atoms with Gasteiger partial charge in [-0.25, -0.2) is 18.7 Å². The molecule has 1 aliphatic carbocycles. The monoisotopic (exact) mass is 546 g/mol. The van der Waals surface area contributed by atoms with Crippen molar-refractivity contribution in [2.24, 2.45) is 5.92 Å². The van der Waals surface area contributed by atoms with Gasteiger partial charge in [-0.15, -0.1) is 0 Å². The second-order valence-corrected chi connectivity index (χ2v) is 11.9. The summed E-state index contributed by atoms with van der Waals surface area (Å²) in [5, 5.41) is 14.0. The van der Waals surface area contributed by atoms with Gasteiger partial charge in [0.05, 0.1) is 16.9 Å². The number of hydrogen-bond donors (Lipinski definition) is 1. The Morgan fingerprint density at radius 3 is 2.58 bits per heavy atom. The SMILES string of the molecule is C[C@@H]1Nc2ncnc3c2cc(C2(C#N)CC2)c(=O)n3CCCCCCN2CC(CCC(F)(F)c3cccc1c3)C2. The molecule has 1 saturated carbocycles. The zero-order chi connectivity index (χ0) is 27.9. The van der Waals surface area contributed by atoms with Crippen LogP contribution in [0.25, 0.3) is 11.0 Å². The Bertz CT molecular complexity index is 1500. The molecule has 5 heterocycles. The van der Waals surface area contributed by atoms with Crippen LogP contribution in [-0.2, 0) is 17.9 Å². The molecule has 4 aliphatic rings. The summed E-state index contributed by atoms with van der Waals surface area (Å²) in [7, 11) is 0. The van der Waals surface area contributed by atoms with Crippen LogP contribution in [0.3, 0.4) is 0 Å². The van der Waals surface area contributed by atoms with Crippen molar-refractivity contribution in [2.45, 2.75) is 82.2 Å². The fourth-order valence-corrected chi connectivity index (χ4v) is 6.27. The largest absolute Gasteiger partial charge is 0.363 e.